The Morgan fingerprint density at radius 3 is 1.50 bits per heavy atom. The fourth-order valence-corrected chi connectivity index (χ4v) is 6.90. The number of hydrogen-bond acceptors (Lipinski definition) is 0. The van der Waals surface area contributed by atoms with Gasteiger partial charge in [0, 0.05) is 0 Å². The summed E-state index contributed by atoms with van der Waals surface area (Å²) in [5.41, 5.74) is 0. The van der Waals surface area contributed by atoms with E-state index in [4.69, 9.17) is 0 Å². The van der Waals surface area contributed by atoms with Crippen molar-refractivity contribution < 1.29 is 0 Å². The predicted molar refractivity (Wildman–Crippen MR) is 87.5 cm³/mol. The summed E-state index contributed by atoms with van der Waals surface area (Å²) in [5, 5.41) is 0. The van der Waals surface area contributed by atoms with Gasteiger partial charge in [0.2, 0.25) is 0 Å². The molecule has 4 saturated carbocycles. The standard InChI is InChI=1S/C16H22.2C2H6/c1-2-4-12-11(3-1)13-8-14(12)16-10-6-5-9(7-10)15(13)16;2*1-2/h5-6,9-16H,1-4,7-8H2;2*1-2H3. The van der Waals surface area contributed by atoms with E-state index in [0.717, 1.165) is 23.7 Å². The molecule has 5 rings (SSSR count). The van der Waals surface area contributed by atoms with Gasteiger partial charge in [-0.05, 0) is 73.0 Å². The number of fused-ring (bicyclic) bond motifs is 12. The van der Waals surface area contributed by atoms with Crippen LogP contribution < -0.4 is 0 Å². The van der Waals surface area contributed by atoms with Crippen LogP contribution in [0.1, 0.15) is 66.2 Å². The van der Waals surface area contributed by atoms with Gasteiger partial charge in [-0.25, -0.2) is 0 Å². The molecule has 4 bridgehead atoms. The topological polar surface area (TPSA) is 0 Å². The minimum Gasteiger partial charge on any atom is -0.0848 e. The van der Waals surface area contributed by atoms with Gasteiger partial charge >= 0.3 is 0 Å². The zero-order chi connectivity index (χ0) is 14.3. The van der Waals surface area contributed by atoms with Gasteiger partial charge in [0.15, 0.2) is 0 Å². The molecule has 0 heterocycles. The predicted octanol–water partition coefficient (Wildman–Crippen LogP) is 5.93. The molecule has 0 N–H and O–H groups in total. The molecule has 0 nitrogen and oxygen atoms in total. The van der Waals surface area contributed by atoms with E-state index in [-0.39, 0.29) is 0 Å². The summed E-state index contributed by atoms with van der Waals surface area (Å²) in [5.74, 6) is 9.03. The second kappa shape index (κ2) is 5.85. The summed E-state index contributed by atoms with van der Waals surface area (Å²) < 4.78 is 0. The van der Waals surface area contributed by atoms with Gasteiger partial charge in [0.05, 0.1) is 0 Å². The Morgan fingerprint density at radius 1 is 0.600 bits per heavy atom. The fraction of sp³-hybridized carbons (Fsp3) is 0.900. The van der Waals surface area contributed by atoms with E-state index in [2.05, 4.69) is 12.2 Å². The molecular weight excluding hydrogens is 240 g/mol. The first-order valence-corrected chi connectivity index (χ1v) is 9.62. The summed E-state index contributed by atoms with van der Waals surface area (Å²) in [7, 11) is 0. The zero-order valence-electron chi connectivity index (χ0n) is 14.0. The average Bonchev–Trinajstić information content (AvgIpc) is 3.29. The van der Waals surface area contributed by atoms with Crippen molar-refractivity contribution in [3.63, 3.8) is 0 Å². The molecule has 0 aromatic heterocycles. The molecule has 0 amide bonds. The molecule has 5 aliphatic rings. The van der Waals surface area contributed by atoms with Crippen LogP contribution >= 0.6 is 0 Å². The van der Waals surface area contributed by atoms with E-state index in [1.165, 1.54) is 23.7 Å². The van der Waals surface area contributed by atoms with Crippen LogP contribution in [0, 0.1) is 47.3 Å². The molecule has 8 atom stereocenters. The summed E-state index contributed by atoms with van der Waals surface area (Å²) in [6, 6.07) is 0. The fourth-order valence-electron chi connectivity index (χ4n) is 6.90. The lowest BCUT2D eigenvalue weighted by Gasteiger charge is -2.44. The second-order valence-electron chi connectivity index (χ2n) is 7.28. The first-order valence-electron chi connectivity index (χ1n) is 9.62. The second-order valence-corrected chi connectivity index (χ2v) is 7.28. The van der Waals surface area contributed by atoms with Crippen molar-refractivity contribution in [1.29, 1.82) is 0 Å². The molecule has 0 aliphatic heterocycles. The van der Waals surface area contributed by atoms with Gasteiger partial charge in [-0.2, -0.15) is 0 Å². The van der Waals surface area contributed by atoms with Gasteiger partial charge in [-0.15, -0.1) is 0 Å². The SMILES string of the molecule is C1=CC2CC1C1C3CC(C4CCCCC43)C21.CC.CC. The third kappa shape index (κ3) is 1.86. The Balaban J connectivity index is 0.000000281. The van der Waals surface area contributed by atoms with Crippen molar-refractivity contribution in [3.8, 4) is 0 Å². The van der Waals surface area contributed by atoms with Crippen molar-refractivity contribution in [2.24, 2.45) is 47.3 Å². The van der Waals surface area contributed by atoms with E-state index in [0.29, 0.717) is 0 Å². The van der Waals surface area contributed by atoms with E-state index >= 15 is 0 Å². The van der Waals surface area contributed by atoms with Crippen LogP contribution in [0.2, 0.25) is 0 Å². The van der Waals surface area contributed by atoms with Crippen molar-refractivity contribution in [1.82, 2.24) is 0 Å². The lowest BCUT2D eigenvalue weighted by Crippen LogP contribution is -2.38. The third-order valence-electron chi connectivity index (χ3n) is 7.09. The molecular formula is C20H34. The van der Waals surface area contributed by atoms with E-state index < -0.39 is 0 Å². The summed E-state index contributed by atoms with van der Waals surface area (Å²) in [6.07, 6.45) is 14.6. The van der Waals surface area contributed by atoms with E-state index in [1.54, 1.807) is 38.5 Å². The molecule has 8 unspecified atom stereocenters. The molecule has 114 valence electrons. The summed E-state index contributed by atoms with van der Waals surface area (Å²) in [6.45, 7) is 8.00. The molecule has 0 radical (unpaired) electrons. The van der Waals surface area contributed by atoms with Gasteiger partial charge in [-0.1, -0.05) is 52.7 Å². The maximum absolute atomic E-state index is 2.59. The molecule has 5 aliphatic carbocycles. The van der Waals surface area contributed by atoms with Crippen LogP contribution in [0.4, 0.5) is 0 Å². The molecule has 0 aromatic rings. The first kappa shape index (κ1) is 14.7. The van der Waals surface area contributed by atoms with Crippen LogP contribution in [0.15, 0.2) is 12.2 Å². The van der Waals surface area contributed by atoms with Crippen LogP contribution in [0.5, 0.6) is 0 Å². The van der Waals surface area contributed by atoms with Gasteiger partial charge < -0.3 is 0 Å². The largest absolute Gasteiger partial charge is 0.0848 e. The van der Waals surface area contributed by atoms with Crippen molar-refractivity contribution in [2.75, 3.05) is 0 Å². The first-order chi connectivity index (χ1) is 9.93. The maximum Gasteiger partial charge on any atom is -0.0194 e. The Labute approximate surface area is 126 Å². The lowest BCUT2D eigenvalue weighted by atomic mass is 9.61. The van der Waals surface area contributed by atoms with Crippen LogP contribution in [0.25, 0.3) is 0 Å². The highest BCUT2D eigenvalue weighted by Crippen LogP contribution is 2.70. The van der Waals surface area contributed by atoms with Crippen molar-refractivity contribution in [3.05, 3.63) is 12.2 Å². The zero-order valence-corrected chi connectivity index (χ0v) is 14.0. The van der Waals surface area contributed by atoms with E-state index in [9.17, 15) is 0 Å². The Hall–Kier alpha value is -0.260. The number of rotatable bonds is 0. The highest BCUT2D eigenvalue weighted by molar-refractivity contribution is 5.22. The summed E-state index contributed by atoms with van der Waals surface area (Å²) >= 11 is 0. The van der Waals surface area contributed by atoms with Crippen LogP contribution in [0.3, 0.4) is 0 Å². The summed E-state index contributed by atoms with van der Waals surface area (Å²) in [4.78, 5) is 0. The quantitative estimate of drug-likeness (QED) is 0.379. The van der Waals surface area contributed by atoms with Gasteiger partial charge in [0.1, 0.15) is 0 Å². The number of allylic oxidation sites excluding steroid dienone is 2. The van der Waals surface area contributed by atoms with Gasteiger partial charge in [0.25, 0.3) is 0 Å². The maximum atomic E-state index is 2.59. The highest BCUT2D eigenvalue weighted by Gasteiger charge is 2.64. The molecule has 0 aromatic carbocycles. The average molecular weight is 274 g/mol. The Bertz CT molecular complexity index is 323. The molecule has 0 heteroatoms. The van der Waals surface area contributed by atoms with Crippen LogP contribution in [-0.2, 0) is 0 Å². The van der Waals surface area contributed by atoms with Crippen LogP contribution in [-0.4, -0.2) is 0 Å². The molecule has 0 saturated heterocycles. The normalized spacial score (nSPS) is 52.6. The van der Waals surface area contributed by atoms with Gasteiger partial charge in [-0.3, -0.25) is 0 Å². The van der Waals surface area contributed by atoms with Crippen molar-refractivity contribution >= 4 is 0 Å². The highest BCUT2D eigenvalue weighted by atomic mass is 14.7. The minimum absolute atomic E-state index is 1.02. The minimum atomic E-state index is 1.02. The van der Waals surface area contributed by atoms with Crippen molar-refractivity contribution in [2.45, 2.75) is 66.2 Å². The van der Waals surface area contributed by atoms with E-state index in [1.807, 2.05) is 27.7 Å². The Morgan fingerprint density at radius 2 is 1.05 bits per heavy atom. The molecule has 4 fully saturated rings. The smallest absolute Gasteiger partial charge is 0.0194 e. The Kier molecular flexibility index (Phi) is 4.29. The number of hydrogen-bond donors (Lipinski definition) is 0. The monoisotopic (exact) mass is 274 g/mol. The lowest BCUT2D eigenvalue weighted by molar-refractivity contribution is 0.0579. The molecule has 20 heavy (non-hydrogen) atoms. The third-order valence-corrected chi connectivity index (χ3v) is 7.09. The molecule has 0 spiro atoms.